The van der Waals surface area contributed by atoms with Gasteiger partial charge in [-0.05, 0) is 91.6 Å². The monoisotopic (exact) mass is 536 g/mol. The summed E-state index contributed by atoms with van der Waals surface area (Å²) in [6.45, 7) is 5.79. The van der Waals surface area contributed by atoms with Crippen LogP contribution >= 0.6 is 0 Å². The third-order valence-corrected chi connectivity index (χ3v) is 8.65. The van der Waals surface area contributed by atoms with Gasteiger partial charge in [-0.25, -0.2) is 9.50 Å². The first-order chi connectivity index (χ1) is 19.5. The summed E-state index contributed by atoms with van der Waals surface area (Å²) in [4.78, 5) is 30.8. The van der Waals surface area contributed by atoms with Crippen LogP contribution in [0.25, 0.3) is 16.8 Å². The van der Waals surface area contributed by atoms with Crippen LogP contribution in [0.15, 0.2) is 61.1 Å². The molecular weight excluding hydrogens is 500 g/mol. The van der Waals surface area contributed by atoms with Crippen LogP contribution in [0.4, 0.5) is 0 Å². The Hall–Kier alpha value is -3.88. The van der Waals surface area contributed by atoms with E-state index in [1.54, 1.807) is 6.33 Å². The molecule has 2 fully saturated rings. The van der Waals surface area contributed by atoms with Crippen molar-refractivity contribution in [3.8, 4) is 11.3 Å². The van der Waals surface area contributed by atoms with Crippen LogP contribution in [-0.2, 0) is 22.6 Å². The standard InChI is InChI=1S/C32H36N6O2/c1-21-16-26(6-7-27(21)18-33)31-29-17-22(19-38(29)35-20-34-31)10-13-37-14-11-24(12-15-37)23-2-4-25(5-3-23)28-8-9-30(39)36-32(28)40/h2-7,16-17,19-20,24,28H,8-15,18,33H2,1H3,(H,36,39,40). The van der Waals surface area contributed by atoms with Gasteiger partial charge in [-0.3, -0.25) is 14.9 Å². The normalized spacial score (nSPS) is 18.8. The molecule has 40 heavy (non-hydrogen) atoms. The number of carbonyl (C=O) groups excluding carboxylic acids is 2. The Kier molecular flexibility index (Phi) is 7.45. The Balaban J connectivity index is 1.05. The zero-order valence-corrected chi connectivity index (χ0v) is 23.0. The van der Waals surface area contributed by atoms with E-state index in [0.717, 1.165) is 66.8 Å². The Morgan fingerprint density at radius 2 is 1.77 bits per heavy atom. The van der Waals surface area contributed by atoms with Gasteiger partial charge in [-0.2, -0.15) is 5.10 Å². The molecule has 0 bridgehead atoms. The smallest absolute Gasteiger partial charge is 0.234 e. The minimum atomic E-state index is -0.220. The molecule has 2 aromatic heterocycles. The minimum Gasteiger partial charge on any atom is -0.326 e. The molecule has 1 atom stereocenters. The third kappa shape index (κ3) is 5.42. The van der Waals surface area contributed by atoms with E-state index in [4.69, 9.17) is 5.73 Å². The molecule has 8 nitrogen and oxygen atoms in total. The van der Waals surface area contributed by atoms with Crippen molar-refractivity contribution >= 4 is 17.3 Å². The van der Waals surface area contributed by atoms with E-state index in [0.29, 0.717) is 25.3 Å². The average Bonchev–Trinajstić information content (AvgIpc) is 3.40. The van der Waals surface area contributed by atoms with Crippen LogP contribution in [0.2, 0.25) is 0 Å². The predicted octanol–water partition coefficient (Wildman–Crippen LogP) is 4.11. The first kappa shape index (κ1) is 26.3. The van der Waals surface area contributed by atoms with Gasteiger partial charge in [0.15, 0.2) is 0 Å². The zero-order chi connectivity index (χ0) is 27.6. The molecule has 2 aromatic carbocycles. The SMILES string of the molecule is Cc1cc(-c2ncnn3cc(CCN4CCC(c5ccc(C6CCC(=O)NC6=O)cc5)CC4)cc23)ccc1CN. The number of hydrogen-bond acceptors (Lipinski definition) is 6. The number of fused-ring (bicyclic) bond motifs is 1. The first-order valence-electron chi connectivity index (χ1n) is 14.3. The number of amides is 2. The van der Waals surface area contributed by atoms with Crippen molar-refractivity contribution in [2.75, 3.05) is 19.6 Å². The molecule has 2 saturated heterocycles. The maximum absolute atomic E-state index is 12.2. The number of aromatic nitrogens is 3. The van der Waals surface area contributed by atoms with Crippen molar-refractivity contribution in [2.45, 2.75) is 57.4 Å². The quantitative estimate of drug-likeness (QED) is 0.345. The Bertz CT molecular complexity index is 1540. The molecule has 1 unspecified atom stereocenters. The number of hydrogen-bond donors (Lipinski definition) is 2. The Morgan fingerprint density at radius 1 is 1.00 bits per heavy atom. The molecule has 8 heteroatoms. The van der Waals surface area contributed by atoms with Gasteiger partial charge in [0.1, 0.15) is 6.33 Å². The van der Waals surface area contributed by atoms with E-state index in [1.807, 2.05) is 4.52 Å². The van der Waals surface area contributed by atoms with E-state index in [1.165, 1.54) is 16.7 Å². The largest absolute Gasteiger partial charge is 0.326 e. The number of likely N-dealkylation sites (tertiary alicyclic amines) is 1. The maximum atomic E-state index is 12.2. The molecule has 0 saturated carbocycles. The number of imide groups is 1. The summed E-state index contributed by atoms with van der Waals surface area (Å²) in [6.07, 6.45) is 7.98. The lowest BCUT2D eigenvalue weighted by Crippen LogP contribution is -2.39. The molecule has 0 spiro atoms. The van der Waals surface area contributed by atoms with Crippen LogP contribution in [-0.4, -0.2) is 50.9 Å². The Labute approximate surface area is 234 Å². The van der Waals surface area contributed by atoms with Crippen LogP contribution in [0.1, 0.15) is 65.3 Å². The molecule has 6 rings (SSSR count). The van der Waals surface area contributed by atoms with Gasteiger partial charge in [-0.1, -0.05) is 36.4 Å². The van der Waals surface area contributed by atoms with Gasteiger partial charge < -0.3 is 10.6 Å². The molecular formula is C32H36N6O2. The van der Waals surface area contributed by atoms with E-state index in [9.17, 15) is 9.59 Å². The first-order valence-corrected chi connectivity index (χ1v) is 14.3. The molecule has 2 aliphatic rings. The van der Waals surface area contributed by atoms with Crippen molar-refractivity contribution in [2.24, 2.45) is 5.73 Å². The predicted molar refractivity (Wildman–Crippen MR) is 155 cm³/mol. The molecule has 0 aliphatic carbocycles. The fourth-order valence-electron chi connectivity index (χ4n) is 6.20. The molecule has 3 N–H and O–H groups in total. The second-order valence-electron chi connectivity index (χ2n) is 11.2. The second-order valence-corrected chi connectivity index (χ2v) is 11.2. The van der Waals surface area contributed by atoms with Crippen molar-refractivity contribution < 1.29 is 9.59 Å². The molecule has 0 radical (unpaired) electrons. The lowest BCUT2D eigenvalue weighted by Gasteiger charge is -2.32. The van der Waals surface area contributed by atoms with Crippen LogP contribution in [0.5, 0.6) is 0 Å². The zero-order valence-electron chi connectivity index (χ0n) is 23.0. The number of rotatable bonds is 7. The molecule has 206 valence electrons. The van der Waals surface area contributed by atoms with Gasteiger partial charge in [0, 0.05) is 31.3 Å². The minimum absolute atomic E-state index is 0.169. The summed E-state index contributed by atoms with van der Waals surface area (Å²) in [5.74, 6) is -0.0241. The number of nitrogens with one attached hydrogen (secondary N) is 1. The van der Waals surface area contributed by atoms with Gasteiger partial charge >= 0.3 is 0 Å². The third-order valence-electron chi connectivity index (χ3n) is 8.65. The van der Waals surface area contributed by atoms with Gasteiger partial charge in [-0.15, -0.1) is 0 Å². The van der Waals surface area contributed by atoms with E-state index in [2.05, 4.69) is 82.0 Å². The highest BCUT2D eigenvalue weighted by Gasteiger charge is 2.28. The molecule has 2 amide bonds. The highest BCUT2D eigenvalue weighted by atomic mass is 16.2. The molecule has 4 heterocycles. The van der Waals surface area contributed by atoms with Crippen molar-refractivity contribution in [3.05, 3.63) is 88.9 Å². The summed E-state index contributed by atoms with van der Waals surface area (Å²) >= 11 is 0. The average molecular weight is 537 g/mol. The van der Waals surface area contributed by atoms with E-state index in [-0.39, 0.29) is 17.7 Å². The summed E-state index contributed by atoms with van der Waals surface area (Å²) in [5.41, 5.74) is 14.8. The van der Waals surface area contributed by atoms with Crippen LogP contribution < -0.4 is 11.1 Å². The Morgan fingerprint density at radius 3 is 2.50 bits per heavy atom. The second kappa shape index (κ2) is 11.3. The number of nitrogens with two attached hydrogens (primary N) is 1. The number of nitrogens with zero attached hydrogens (tertiary/aromatic N) is 4. The topological polar surface area (TPSA) is 106 Å². The summed E-state index contributed by atoms with van der Waals surface area (Å²) in [7, 11) is 0. The van der Waals surface area contributed by atoms with Crippen LogP contribution in [0.3, 0.4) is 0 Å². The van der Waals surface area contributed by atoms with E-state index >= 15 is 0 Å². The van der Waals surface area contributed by atoms with E-state index < -0.39 is 0 Å². The van der Waals surface area contributed by atoms with Gasteiger partial charge in [0.25, 0.3) is 0 Å². The van der Waals surface area contributed by atoms with Crippen molar-refractivity contribution in [1.82, 2.24) is 24.8 Å². The van der Waals surface area contributed by atoms with Gasteiger partial charge in [0.2, 0.25) is 11.8 Å². The fraction of sp³-hybridized carbons (Fsp3) is 0.375. The fourth-order valence-corrected chi connectivity index (χ4v) is 6.20. The highest BCUT2D eigenvalue weighted by Crippen LogP contribution is 2.31. The summed E-state index contributed by atoms with van der Waals surface area (Å²) in [6, 6.07) is 17.1. The molecule has 2 aliphatic heterocycles. The molecule has 4 aromatic rings. The van der Waals surface area contributed by atoms with Gasteiger partial charge in [0.05, 0.1) is 17.1 Å². The lowest BCUT2D eigenvalue weighted by atomic mass is 9.86. The lowest BCUT2D eigenvalue weighted by molar-refractivity contribution is -0.134. The maximum Gasteiger partial charge on any atom is 0.234 e. The number of carbonyl (C=O) groups is 2. The highest BCUT2D eigenvalue weighted by molar-refractivity contribution is 6.00. The number of piperidine rings is 2. The number of benzene rings is 2. The van der Waals surface area contributed by atoms with Crippen molar-refractivity contribution in [3.63, 3.8) is 0 Å². The summed E-state index contributed by atoms with van der Waals surface area (Å²) in [5, 5.41) is 6.92. The number of aryl methyl sites for hydroxylation is 1. The van der Waals surface area contributed by atoms with Crippen molar-refractivity contribution in [1.29, 1.82) is 0 Å². The van der Waals surface area contributed by atoms with Crippen LogP contribution in [0, 0.1) is 6.92 Å². The summed E-state index contributed by atoms with van der Waals surface area (Å²) < 4.78 is 1.94.